The van der Waals surface area contributed by atoms with Crippen molar-refractivity contribution in [2.45, 2.75) is 39.7 Å². The summed E-state index contributed by atoms with van der Waals surface area (Å²) in [5.41, 5.74) is 0.251. The van der Waals surface area contributed by atoms with Crippen LogP contribution < -0.4 is 5.32 Å². The fourth-order valence-electron chi connectivity index (χ4n) is 2.46. The van der Waals surface area contributed by atoms with Crippen LogP contribution in [0.3, 0.4) is 0 Å². The van der Waals surface area contributed by atoms with Gasteiger partial charge in [0.15, 0.2) is 0 Å². The van der Waals surface area contributed by atoms with E-state index in [1.54, 1.807) is 12.3 Å². The number of nitriles is 1. The predicted molar refractivity (Wildman–Crippen MR) is 81.6 cm³/mol. The molecule has 0 aliphatic carbocycles. The first-order valence-electron chi connectivity index (χ1n) is 7.32. The molecule has 0 saturated carbocycles. The molecule has 0 spiro atoms. The summed E-state index contributed by atoms with van der Waals surface area (Å²) in [4.78, 5) is 18.4. The van der Waals surface area contributed by atoms with Crippen LogP contribution in [0.4, 0.5) is 5.82 Å². The molecule has 1 fully saturated rings. The lowest BCUT2D eigenvalue weighted by molar-refractivity contribution is -0.140. The van der Waals surface area contributed by atoms with Gasteiger partial charge in [0.05, 0.1) is 5.56 Å². The maximum absolute atomic E-state index is 12.2. The second kappa shape index (κ2) is 6.13. The molecule has 21 heavy (non-hydrogen) atoms. The van der Waals surface area contributed by atoms with Gasteiger partial charge in [0.1, 0.15) is 11.9 Å². The van der Waals surface area contributed by atoms with Gasteiger partial charge in [-0.2, -0.15) is 5.26 Å². The van der Waals surface area contributed by atoms with Crippen LogP contribution in [0.25, 0.3) is 0 Å². The molecular formula is C16H22N4O. The lowest BCUT2D eigenvalue weighted by atomic mass is 9.93. The number of hydrogen-bond acceptors (Lipinski definition) is 4. The van der Waals surface area contributed by atoms with E-state index in [-0.39, 0.29) is 11.3 Å². The Morgan fingerprint density at radius 2 is 2.05 bits per heavy atom. The van der Waals surface area contributed by atoms with Gasteiger partial charge in [-0.3, -0.25) is 4.79 Å². The predicted octanol–water partition coefficient (Wildman–Crippen LogP) is 2.40. The number of pyridine rings is 1. The van der Waals surface area contributed by atoms with Crippen LogP contribution >= 0.6 is 0 Å². The minimum Gasteiger partial charge on any atom is -0.367 e. The molecule has 0 radical (unpaired) electrons. The van der Waals surface area contributed by atoms with E-state index in [1.165, 1.54) is 0 Å². The van der Waals surface area contributed by atoms with Crippen LogP contribution in [-0.2, 0) is 4.79 Å². The zero-order valence-electron chi connectivity index (χ0n) is 12.9. The quantitative estimate of drug-likeness (QED) is 0.906. The molecule has 1 aromatic heterocycles. The van der Waals surface area contributed by atoms with E-state index < -0.39 is 0 Å². The minimum atomic E-state index is -0.311. The van der Waals surface area contributed by atoms with Crippen LogP contribution in [0.5, 0.6) is 0 Å². The first-order chi connectivity index (χ1) is 9.90. The van der Waals surface area contributed by atoms with Crippen LogP contribution in [0, 0.1) is 16.7 Å². The molecule has 5 heteroatoms. The molecular weight excluding hydrogens is 264 g/mol. The van der Waals surface area contributed by atoms with Crippen molar-refractivity contribution in [3.63, 3.8) is 0 Å². The van der Waals surface area contributed by atoms with Gasteiger partial charge in [-0.1, -0.05) is 20.8 Å². The van der Waals surface area contributed by atoms with Gasteiger partial charge in [0.25, 0.3) is 0 Å². The van der Waals surface area contributed by atoms with Crippen molar-refractivity contribution < 1.29 is 4.79 Å². The third-order valence-corrected chi connectivity index (χ3v) is 3.67. The van der Waals surface area contributed by atoms with Gasteiger partial charge < -0.3 is 10.2 Å². The highest BCUT2D eigenvalue weighted by Crippen LogP contribution is 2.22. The molecule has 1 saturated heterocycles. The van der Waals surface area contributed by atoms with Crippen LogP contribution in [0.15, 0.2) is 18.3 Å². The zero-order chi connectivity index (χ0) is 15.5. The third-order valence-electron chi connectivity index (χ3n) is 3.67. The van der Waals surface area contributed by atoms with Crippen molar-refractivity contribution >= 4 is 11.7 Å². The monoisotopic (exact) mass is 286 g/mol. The zero-order valence-corrected chi connectivity index (χ0v) is 12.9. The Hall–Kier alpha value is -2.09. The number of aromatic nitrogens is 1. The number of piperidine rings is 1. The standard InChI is InChI=1S/C16H22N4O/c1-16(2,3)15(21)20-8-6-13(7-9-20)19-14-5-4-12(10-17)11-18-14/h4-5,11,13H,6-9H2,1-3H3,(H,18,19). The Bertz CT molecular complexity index is 531. The summed E-state index contributed by atoms with van der Waals surface area (Å²) in [7, 11) is 0. The molecule has 0 atom stereocenters. The Labute approximate surface area is 126 Å². The topological polar surface area (TPSA) is 69.0 Å². The summed E-state index contributed by atoms with van der Waals surface area (Å²) in [5, 5.41) is 12.1. The summed E-state index contributed by atoms with van der Waals surface area (Å²) >= 11 is 0. The second-order valence-electron chi connectivity index (χ2n) is 6.50. The summed E-state index contributed by atoms with van der Waals surface area (Å²) in [6, 6.07) is 5.97. The number of anilines is 1. The van der Waals surface area contributed by atoms with Crippen molar-refractivity contribution in [2.75, 3.05) is 18.4 Å². The number of amides is 1. The molecule has 0 aromatic carbocycles. The van der Waals surface area contributed by atoms with E-state index in [4.69, 9.17) is 5.26 Å². The lowest BCUT2D eigenvalue weighted by Gasteiger charge is -2.36. The van der Waals surface area contributed by atoms with Crippen molar-refractivity contribution in [1.82, 2.24) is 9.88 Å². The number of carbonyl (C=O) groups excluding carboxylic acids is 1. The van der Waals surface area contributed by atoms with Crippen molar-refractivity contribution in [2.24, 2.45) is 5.41 Å². The van der Waals surface area contributed by atoms with E-state index >= 15 is 0 Å². The largest absolute Gasteiger partial charge is 0.367 e. The Balaban J connectivity index is 1.87. The number of nitrogens with zero attached hydrogens (tertiary/aromatic N) is 3. The summed E-state index contributed by atoms with van der Waals surface area (Å²) < 4.78 is 0. The van der Waals surface area contributed by atoms with E-state index in [0.29, 0.717) is 11.6 Å². The highest BCUT2D eigenvalue weighted by Gasteiger charge is 2.30. The minimum absolute atomic E-state index is 0.220. The van der Waals surface area contributed by atoms with Crippen molar-refractivity contribution in [3.05, 3.63) is 23.9 Å². The smallest absolute Gasteiger partial charge is 0.227 e. The second-order valence-corrected chi connectivity index (χ2v) is 6.50. The average Bonchev–Trinajstić information content (AvgIpc) is 2.47. The van der Waals surface area contributed by atoms with Crippen LogP contribution in [0.1, 0.15) is 39.2 Å². The van der Waals surface area contributed by atoms with Gasteiger partial charge in [0, 0.05) is 30.7 Å². The number of nitrogens with one attached hydrogen (secondary N) is 1. The fourth-order valence-corrected chi connectivity index (χ4v) is 2.46. The fraction of sp³-hybridized carbons (Fsp3) is 0.562. The molecule has 0 bridgehead atoms. The molecule has 1 aliphatic heterocycles. The number of likely N-dealkylation sites (tertiary alicyclic amines) is 1. The normalized spacial score (nSPS) is 16.4. The van der Waals surface area contributed by atoms with Crippen molar-refractivity contribution in [3.8, 4) is 6.07 Å². The number of carbonyl (C=O) groups is 1. The molecule has 2 heterocycles. The van der Waals surface area contributed by atoms with Gasteiger partial charge in [-0.15, -0.1) is 0 Å². The Morgan fingerprint density at radius 3 is 2.52 bits per heavy atom. The van der Waals surface area contributed by atoms with E-state index in [9.17, 15) is 4.79 Å². The molecule has 2 rings (SSSR count). The first kappa shape index (κ1) is 15.3. The summed E-state index contributed by atoms with van der Waals surface area (Å²) in [5.74, 6) is 1.01. The molecule has 5 nitrogen and oxygen atoms in total. The van der Waals surface area contributed by atoms with E-state index in [2.05, 4.69) is 16.4 Å². The van der Waals surface area contributed by atoms with Gasteiger partial charge in [-0.25, -0.2) is 4.98 Å². The van der Waals surface area contributed by atoms with Gasteiger partial charge >= 0.3 is 0 Å². The Kier molecular flexibility index (Phi) is 4.46. The average molecular weight is 286 g/mol. The third kappa shape index (κ3) is 3.94. The maximum atomic E-state index is 12.2. The van der Waals surface area contributed by atoms with Crippen molar-refractivity contribution in [1.29, 1.82) is 5.26 Å². The van der Waals surface area contributed by atoms with E-state index in [1.807, 2.05) is 31.7 Å². The highest BCUT2D eigenvalue weighted by atomic mass is 16.2. The number of rotatable bonds is 2. The SMILES string of the molecule is CC(C)(C)C(=O)N1CCC(Nc2ccc(C#N)cn2)CC1. The molecule has 1 aliphatic rings. The van der Waals surface area contributed by atoms with E-state index in [0.717, 1.165) is 31.7 Å². The molecule has 1 amide bonds. The highest BCUT2D eigenvalue weighted by molar-refractivity contribution is 5.81. The van der Waals surface area contributed by atoms with Crippen LogP contribution in [0.2, 0.25) is 0 Å². The molecule has 1 aromatic rings. The van der Waals surface area contributed by atoms with Gasteiger partial charge in [0.2, 0.25) is 5.91 Å². The van der Waals surface area contributed by atoms with Gasteiger partial charge in [-0.05, 0) is 25.0 Å². The molecule has 112 valence electrons. The lowest BCUT2D eigenvalue weighted by Crippen LogP contribution is -2.46. The molecule has 0 unspecified atom stereocenters. The number of hydrogen-bond donors (Lipinski definition) is 1. The first-order valence-corrected chi connectivity index (χ1v) is 7.32. The summed E-state index contributed by atoms with van der Waals surface area (Å²) in [6.07, 6.45) is 3.41. The summed E-state index contributed by atoms with van der Waals surface area (Å²) in [6.45, 7) is 7.44. The maximum Gasteiger partial charge on any atom is 0.227 e. The molecule has 1 N–H and O–H groups in total. The Morgan fingerprint density at radius 1 is 1.38 bits per heavy atom. The van der Waals surface area contributed by atoms with Crippen LogP contribution in [-0.4, -0.2) is 34.9 Å².